The molecule has 1 aliphatic rings. The summed E-state index contributed by atoms with van der Waals surface area (Å²) in [5.74, 6) is 0.357. The van der Waals surface area contributed by atoms with E-state index in [1.807, 2.05) is 20.8 Å². The van der Waals surface area contributed by atoms with Gasteiger partial charge < -0.3 is 15.4 Å². The van der Waals surface area contributed by atoms with Crippen molar-refractivity contribution in [2.45, 2.75) is 38.3 Å². The number of carbonyl (C=O) groups is 1. The summed E-state index contributed by atoms with van der Waals surface area (Å²) in [5.41, 5.74) is 0.841. The van der Waals surface area contributed by atoms with E-state index in [2.05, 4.69) is 10.6 Å². The van der Waals surface area contributed by atoms with Crippen LogP contribution in [0.5, 0.6) is 0 Å². The lowest BCUT2D eigenvalue weighted by Gasteiger charge is -2.26. The monoisotopic (exact) mass is 369 g/mol. The van der Waals surface area contributed by atoms with Crippen LogP contribution in [0.15, 0.2) is 29.2 Å². The Morgan fingerprint density at radius 3 is 2.32 bits per heavy atom. The van der Waals surface area contributed by atoms with Gasteiger partial charge in [0.1, 0.15) is 0 Å². The topological polar surface area (TPSA) is 87.7 Å². The fraction of sp³-hybridized carbons (Fsp3) is 0.588. The highest BCUT2D eigenvalue weighted by Gasteiger charge is 2.26. The van der Waals surface area contributed by atoms with Crippen molar-refractivity contribution in [1.29, 1.82) is 0 Å². The summed E-state index contributed by atoms with van der Waals surface area (Å²) in [4.78, 5) is 12.1. The van der Waals surface area contributed by atoms with E-state index in [0.717, 1.165) is 5.56 Å². The first-order valence-corrected chi connectivity index (χ1v) is 9.96. The van der Waals surface area contributed by atoms with Crippen molar-refractivity contribution < 1.29 is 17.9 Å². The Morgan fingerprint density at radius 2 is 1.76 bits per heavy atom. The van der Waals surface area contributed by atoms with Crippen LogP contribution in [0.25, 0.3) is 0 Å². The molecule has 7 nitrogen and oxygen atoms in total. The third-order valence-corrected chi connectivity index (χ3v) is 6.26. The lowest BCUT2D eigenvalue weighted by atomic mass is 10.1. The molecule has 1 heterocycles. The molecular weight excluding hydrogens is 342 g/mol. The zero-order chi connectivity index (χ0) is 18.4. The Morgan fingerprint density at radius 1 is 1.16 bits per heavy atom. The number of benzene rings is 1. The summed E-state index contributed by atoms with van der Waals surface area (Å²) in [6.07, 6.45) is 0. The third kappa shape index (κ3) is 5.42. The van der Waals surface area contributed by atoms with Gasteiger partial charge in [-0.25, -0.2) is 13.2 Å². The number of hydrogen-bond acceptors (Lipinski definition) is 4. The zero-order valence-corrected chi connectivity index (χ0v) is 15.8. The molecule has 1 atom stereocenters. The third-order valence-electron chi connectivity index (χ3n) is 4.34. The van der Waals surface area contributed by atoms with E-state index in [1.165, 1.54) is 4.31 Å². The predicted octanol–water partition coefficient (Wildman–Crippen LogP) is 1.55. The number of hydrogen-bond donors (Lipinski definition) is 2. The quantitative estimate of drug-likeness (QED) is 0.796. The molecule has 0 saturated carbocycles. The highest BCUT2D eigenvalue weighted by molar-refractivity contribution is 7.89. The standard InChI is InChI=1S/C17H27N3O4S/c1-13(2)14(3)19-17(21)18-12-15-4-6-16(7-5-15)25(22,23)20-8-10-24-11-9-20/h4-7,13-14H,8-12H2,1-3H3,(H2,18,19,21). The van der Waals surface area contributed by atoms with Gasteiger partial charge in [0.25, 0.3) is 0 Å². The normalized spacial score (nSPS) is 17.3. The van der Waals surface area contributed by atoms with Gasteiger partial charge in [0, 0.05) is 25.7 Å². The molecule has 2 amide bonds. The Balaban J connectivity index is 1.92. The number of nitrogens with zero attached hydrogens (tertiary/aromatic N) is 1. The largest absolute Gasteiger partial charge is 0.379 e. The Hall–Kier alpha value is -1.64. The lowest BCUT2D eigenvalue weighted by Crippen LogP contribution is -2.42. The summed E-state index contributed by atoms with van der Waals surface area (Å²) < 4.78 is 31.7. The minimum absolute atomic E-state index is 0.0843. The number of ether oxygens (including phenoxy) is 1. The second-order valence-electron chi connectivity index (χ2n) is 6.52. The predicted molar refractivity (Wildman–Crippen MR) is 95.7 cm³/mol. The van der Waals surface area contributed by atoms with Gasteiger partial charge in [-0.1, -0.05) is 26.0 Å². The fourth-order valence-electron chi connectivity index (χ4n) is 2.32. The van der Waals surface area contributed by atoms with E-state index in [9.17, 15) is 13.2 Å². The number of sulfonamides is 1. The molecule has 1 unspecified atom stereocenters. The van der Waals surface area contributed by atoms with Crippen molar-refractivity contribution in [3.8, 4) is 0 Å². The zero-order valence-electron chi connectivity index (χ0n) is 15.0. The molecule has 2 N–H and O–H groups in total. The molecule has 0 aliphatic carbocycles. The molecule has 1 saturated heterocycles. The summed E-state index contributed by atoms with van der Waals surface area (Å²) in [7, 11) is -3.48. The van der Waals surface area contributed by atoms with Crippen LogP contribution < -0.4 is 10.6 Å². The van der Waals surface area contributed by atoms with Gasteiger partial charge in [-0.15, -0.1) is 0 Å². The maximum absolute atomic E-state index is 12.5. The highest BCUT2D eigenvalue weighted by Crippen LogP contribution is 2.17. The van der Waals surface area contributed by atoms with Crippen molar-refractivity contribution in [2.75, 3.05) is 26.3 Å². The number of morpholine rings is 1. The van der Waals surface area contributed by atoms with Crippen LogP contribution in [0.4, 0.5) is 4.79 Å². The van der Waals surface area contributed by atoms with Crippen LogP contribution in [0.1, 0.15) is 26.3 Å². The maximum atomic E-state index is 12.5. The van der Waals surface area contributed by atoms with E-state index < -0.39 is 10.0 Å². The van der Waals surface area contributed by atoms with Gasteiger partial charge >= 0.3 is 6.03 Å². The second kappa shape index (κ2) is 8.64. The average molecular weight is 369 g/mol. The van der Waals surface area contributed by atoms with Gasteiger partial charge in [-0.05, 0) is 30.5 Å². The molecule has 25 heavy (non-hydrogen) atoms. The van der Waals surface area contributed by atoms with Crippen molar-refractivity contribution >= 4 is 16.1 Å². The van der Waals surface area contributed by atoms with Crippen molar-refractivity contribution in [1.82, 2.24) is 14.9 Å². The molecule has 1 fully saturated rings. The Kier molecular flexibility index (Phi) is 6.80. The van der Waals surface area contributed by atoms with Gasteiger partial charge in [0.2, 0.25) is 10.0 Å². The van der Waals surface area contributed by atoms with E-state index in [0.29, 0.717) is 38.8 Å². The lowest BCUT2D eigenvalue weighted by molar-refractivity contribution is 0.0730. The van der Waals surface area contributed by atoms with Gasteiger partial charge in [0.15, 0.2) is 0 Å². The first-order valence-electron chi connectivity index (χ1n) is 8.52. The maximum Gasteiger partial charge on any atom is 0.315 e. The van der Waals surface area contributed by atoms with Gasteiger partial charge in [0.05, 0.1) is 18.1 Å². The summed E-state index contributed by atoms with van der Waals surface area (Å²) >= 11 is 0. The second-order valence-corrected chi connectivity index (χ2v) is 8.46. The van der Waals surface area contributed by atoms with Crippen LogP contribution in [0.2, 0.25) is 0 Å². The van der Waals surface area contributed by atoms with Crippen molar-refractivity contribution in [3.63, 3.8) is 0 Å². The van der Waals surface area contributed by atoms with E-state index >= 15 is 0 Å². The van der Waals surface area contributed by atoms with Gasteiger partial charge in [-0.3, -0.25) is 0 Å². The Labute approximate surface area is 149 Å². The minimum atomic E-state index is -3.48. The number of rotatable bonds is 6. The fourth-order valence-corrected chi connectivity index (χ4v) is 3.73. The number of carbonyl (C=O) groups excluding carboxylic acids is 1. The van der Waals surface area contributed by atoms with E-state index in [1.54, 1.807) is 24.3 Å². The number of amides is 2. The molecule has 0 spiro atoms. The molecule has 8 heteroatoms. The molecule has 140 valence electrons. The number of nitrogens with one attached hydrogen (secondary N) is 2. The van der Waals surface area contributed by atoms with Crippen LogP contribution in [-0.2, 0) is 21.3 Å². The van der Waals surface area contributed by atoms with Crippen molar-refractivity contribution in [3.05, 3.63) is 29.8 Å². The molecule has 1 aliphatic heterocycles. The summed E-state index contributed by atoms with van der Waals surface area (Å²) in [5, 5.41) is 5.64. The summed E-state index contributed by atoms with van der Waals surface area (Å²) in [6.45, 7) is 7.97. The molecular formula is C17H27N3O4S. The Bertz CT molecular complexity index is 668. The minimum Gasteiger partial charge on any atom is -0.379 e. The van der Waals surface area contributed by atoms with Crippen LogP contribution in [0, 0.1) is 5.92 Å². The molecule has 2 rings (SSSR count). The smallest absolute Gasteiger partial charge is 0.315 e. The molecule has 1 aromatic carbocycles. The summed E-state index contributed by atoms with van der Waals surface area (Å²) in [6, 6.07) is 6.46. The average Bonchev–Trinajstić information content (AvgIpc) is 2.61. The van der Waals surface area contributed by atoms with Crippen LogP contribution in [-0.4, -0.2) is 51.1 Å². The first kappa shape index (κ1) is 19.7. The van der Waals surface area contributed by atoms with Crippen LogP contribution in [0.3, 0.4) is 0 Å². The molecule has 0 radical (unpaired) electrons. The molecule has 0 bridgehead atoms. The van der Waals surface area contributed by atoms with E-state index in [4.69, 9.17) is 4.74 Å². The van der Waals surface area contributed by atoms with Crippen molar-refractivity contribution in [2.24, 2.45) is 5.92 Å². The molecule has 1 aromatic rings. The van der Waals surface area contributed by atoms with Crippen LogP contribution >= 0.6 is 0 Å². The van der Waals surface area contributed by atoms with E-state index in [-0.39, 0.29) is 17.0 Å². The highest BCUT2D eigenvalue weighted by atomic mass is 32.2. The SMILES string of the molecule is CC(C)C(C)NC(=O)NCc1ccc(S(=O)(=O)N2CCOCC2)cc1. The first-order chi connectivity index (χ1) is 11.8. The molecule has 0 aromatic heterocycles. The number of urea groups is 1. The van der Waals surface area contributed by atoms with Gasteiger partial charge in [-0.2, -0.15) is 4.31 Å².